The molecule has 21 heavy (non-hydrogen) atoms. The second-order valence-electron chi connectivity index (χ2n) is 4.90. The predicted octanol–water partition coefficient (Wildman–Crippen LogP) is 3.43. The summed E-state index contributed by atoms with van der Waals surface area (Å²) in [7, 11) is 1.96. The van der Waals surface area contributed by atoms with Crippen LogP contribution < -0.4 is 10.1 Å². The first-order valence-corrected chi connectivity index (χ1v) is 8.07. The lowest BCUT2D eigenvalue weighted by Crippen LogP contribution is -2.13. The average molecular weight is 352 g/mol. The number of aromatic nitrogens is 2. The molecule has 0 radical (unpaired) electrons. The van der Waals surface area contributed by atoms with Crippen LogP contribution in [0, 0.1) is 0 Å². The van der Waals surface area contributed by atoms with E-state index in [-0.39, 0.29) is 0 Å². The Hall–Kier alpha value is -1.33. The van der Waals surface area contributed by atoms with Crippen LogP contribution in [0.25, 0.3) is 0 Å². The molecule has 0 spiro atoms. The predicted molar refractivity (Wildman–Crippen MR) is 88.4 cm³/mol. The van der Waals surface area contributed by atoms with Crippen molar-refractivity contribution in [2.24, 2.45) is 7.05 Å². The molecule has 0 saturated carbocycles. The Morgan fingerprint density at radius 3 is 2.81 bits per heavy atom. The van der Waals surface area contributed by atoms with Gasteiger partial charge in [0.2, 0.25) is 0 Å². The third-order valence-electron chi connectivity index (χ3n) is 3.37. The van der Waals surface area contributed by atoms with E-state index in [1.54, 1.807) is 0 Å². The second kappa shape index (κ2) is 7.61. The lowest BCUT2D eigenvalue weighted by atomic mass is 10.2. The minimum absolute atomic E-state index is 0.519. The molecule has 0 saturated heterocycles. The molecule has 0 aliphatic carbocycles. The minimum atomic E-state index is 0.519. The summed E-state index contributed by atoms with van der Waals surface area (Å²) in [5.74, 6) is 0.901. The molecule has 0 atom stereocenters. The summed E-state index contributed by atoms with van der Waals surface area (Å²) in [6.45, 7) is 6.46. The van der Waals surface area contributed by atoms with Crippen molar-refractivity contribution in [2.45, 2.75) is 33.4 Å². The van der Waals surface area contributed by atoms with Crippen molar-refractivity contribution >= 4 is 15.9 Å². The van der Waals surface area contributed by atoms with Crippen LogP contribution in [0.15, 0.2) is 28.7 Å². The SMILES string of the molecule is CCNCc1cccc(Br)c1OCc1cc(CC)nn1C. The first-order chi connectivity index (χ1) is 10.2. The Bertz CT molecular complexity index is 595. The first-order valence-electron chi connectivity index (χ1n) is 7.28. The molecule has 1 heterocycles. The van der Waals surface area contributed by atoms with Crippen molar-refractivity contribution < 1.29 is 4.74 Å². The molecule has 2 aromatic rings. The Morgan fingerprint density at radius 1 is 1.33 bits per heavy atom. The van der Waals surface area contributed by atoms with Gasteiger partial charge in [-0.25, -0.2) is 0 Å². The van der Waals surface area contributed by atoms with E-state index in [0.29, 0.717) is 6.61 Å². The lowest BCUT2D eigenvalue weighted by Gasteiger charge is -2.13. The zero-order valence-corrected chi connectivity index (χ0v) is 14.4. The number of para-hydroxylation sites is 1. The molecule has 1 N–H and O–H groups in total. The maximum Gasteiger partial charge on any atom is 0.138 e. The van der Waals surface area contributed by atoms with E-state index in [1.165, 1.54) is 0 Å². The molecule has 0 bridgehead atoms. The summed E-state index contributed by atoms with van der Waals surface area (Å²) < 4.78 is 8.91. The molecular formula is C16H22BrN3O. The Morgan fingerprint density at radius 2 is 2.14 bits per heavy atom. The van der Waals surface area contributed by atoms with Gasteiger partial charge in [-0.2, -0.15) is 5.10 Å². The van der Waals surface area contributed by atoms with Crippen LogP contribution in [0.5, 0.6) is 5.75 Å². The molecule has 1 aromatic carbocycles. The van der Waals surface area contributed by atoms with Crippen molar-refractivity contribution in [1.82, 2.24) is 15.1 Å². The van der Waals surface area contributed by atoms with E-state index < -0.39 is 0 Å². The summed E-state index contributed by atoms with van der Waals surface area (Å²) in [4.78, 5) is 0. The van der Waals surface area contributed by atoms with Crippen molar-refractivity contribution in [3.63, 3.8) is 0 Å². The van der Waals surface area contributed by atoms with Gasteiger partial charge < -0.3 is 10.1 Å². The van der Waals surface area contributed by atoms with E-state index in [0.717, 1.165) is 46.7 Å². The highest BCUT2D eigenvalue weighted by atomic mass is 79.9. The van der Waals surface area contributed by atoms with Gasteiger partial charge in [0.15, 0.2) is 0 Å². The number of hydrogen-bond donors (Lipinski definition) is 1. The molecule has 1 aromatic heterocycles. The quantitative estimate of drug-likeness (QED) is 0.830. The van der Waals surface area contributed by atoms with Gasteiger partial charge in [0, 0.05) is 19.2 Å². The van der Waals surface area contributed by atoms with Gasteiger partial charge in [0.05, 0.1) is 15.9 Å². The van der Waals surface area contributed by atoms with Gasteiger partial charge in [0.1, 0.15) is 12.4 Å². The van der Waals surface area contributed by atoms with Crippen molar-refractivity contribution in [3.8, 4) is 5.75 Å². The number of ether oxygens (including phenoxy) is 1. The van der Waals surface area contributed by atoms with Crippen molar-refractivity contribution in [3.05, 3.63) is 45.7 Å². The largest absolute Gasteiger partial charge is 0.486 e. The van der Waals surface area contributed by atoms with Crippen molar-refractivity contribution in [2.75, 3.05) is 6.54 Å². The third-order valence-corrected chi connectivity index (χ3v) is 3.99. The molecule has 0 aliphatic rings. The van der Waals surface area contributed by atoms with E-state index >= 15 is 0 Å². The van der Waals surface area contributed by atoms with Gasteiger partial charge >= 0.3 is 0 Å². The summed E-state index contributed by atoms with van der Waals surface area (Å²) in [5.41, 5.74) is 3.33. The fourth-order valence-corrected chi connectivity index (χ4v) is 2.66. The fourth-order valence-electron chi connectivity index (χ4n) is 2.14. The van der Waals surface area contributed by atoms with Crippen molar-refractivity contribution in [1.29, 1.82) is 0 Å². The Labute approximate surface area is 134 Å². The minimum Gasteiger partial charge on any atom is -0.486 e. The summed E-state index contributed by atoms with van der Waals surface area (Å²) in [5, 5.41) is 7.79. The number of nitrogens with one attached hydrogen (secondary N) is 1. The maximum atomic E-state index is 6.04. The van der Waals surface area contributed by atoms with Gasteiger partial charge in [-0.05, 0) is 41.0 Å². The molecule has 0 unspecified atom stereocenters. The Balaban J connectivity index is 2.13. The summed E-state index contributed by atoms with van der Waals surface area (Å²) in [6, 6.07) is 8.22. The van der Waals surface area contributed by atoms with Gasteiger partial charge in [-0.15, -0.1) is 0 Å². The van der Waals surface area contributed by atoms with E-state index in [2.05, 4.69) is 52.3 Å². The number of aryl methyl sites for hydroxylation is 2. The topological polar surface area (TPSA) is 39.1 Å². The maximum absolute atomic E-state index is 6.04. The summed E-state index contributed by atoms with van der Waals surface area (Å²) in [6.07, 6.45) is 0.939. The molecule has 2 rings (SSSR count). The van der Waals surface area contributed by atoms with E-state index in [4.69, 9.17) is 4.74 Å². The van der Waals surface area contributed by atoms with Gasteiger partial charge in [-0.1, -0.05) is 26.0 Å². The number of rotatable bonds is 7. The standard InChI is InChI=1S/C16H22BrN3O/c1-4-13-9-14(20(3)19-13)11-21-16-12(10-18-5-2)7-6-8-15(16)17/h6-9,18H,4-5,10-11H2,1-3H3. The van der Waals surface area contributed by atoms with Crippen LogP contribution in [0.2, 0.25) is 0 Å². The highest BCUT2D eigenvalue weighted by Gasteiger charge is 2.10. The molecule has 0 aliphatic heterocycles. The van der Waals surface area contributed by atoms with Gasteiger partial charge in [0.25, 0.3) is 0 Å². The lowest BCUT2D eigenvalue weighted by molar-refractivity contribution is 0.289. The first kappa shape index (κ1) is 16.0. The molecule has 114 valence electrons. The van der Waals surface area contributed by atoms with Crippen LogP contribution in [0.3, 0.4) is 0 Å². The van der Waals surface area contributed by atoms with Gasteiger partial charge in [-0.3, -0.25) is 4.68 Å². The third kappa shape index (κ3) is 4.08. The highest BCUT2D eigenvalue weighted by Crippen LogP contribution is 2.29. The molecule has 0 fully saturated rings. The number of benzene rings is 1. The van der Waals surface area contributed by atoms with Crippen LogP contribution in [0.1, 0.15) is 30.8 Å². The smallest absolute Gasteiger partial charge is 0.138 e. The number of nitrogens with zero attached hydrogens (tertiary/aromatic N) is 2. The monoisotopic (exact) mass is 351 g/mol. The fraction of sp³-hybridized carbons (Fsp3) is 0.438. The molecular weight excluding hydrogens is 330 g/mol. The molecule has 4 nitrogen and oxygen atoms in total. The van der Waals surface area contributed by atoms with Crippen LogP contribution in [-0.2, 0) is 26.6 Å². The normalized spacial score (nSPS) is 10.9. The van der Waals surface area contributed by atoms with Crippen LogP contribution >= 0.6 is 15.9 Å². The van der Waals surface area contributed by atoms with Crippen LogP contribution in [-0.4, -0.2) is 16.3 Å². The zero-order chi connectivity index (χ0) is 15.2. The highest BCUT2D eigenvalue weighted by molar-refractivity contribution is 9.10. The zero-order valence-electron chi connectivity index (χ0n) is 12.8. The van der Waals surface area contributed by atoms with E-state index in [1.807, 2.05) is 23.9 Å². The molecule has 5 heteroatoms. The Kier molecular flexibility index (Phi) is 5.82. The van der Waals surface area contributed by atoms with E-state index in [9.17, 15) is 0 Å². The second-order valence-corrected chi connectivity index (χ2v) is 5.76. The number of hydrogen-bond acceptors (Lipinski definition) is 3. The number of halogens is 1. The summed E-state index contributed by atoms with van der Waals surface area (Å²) >= 11 is 3.57. The molecule has 0 amide bonds. The van der Waals surface area contributed by atoms with Crippen LogP contribution in [0.4, 0.5) is 0 Å². The average Bonchev–Trinajstić information content (AvgIpc) is 2.84.